The van der Waals surface area contributed by atoms with Crippen molar-refractivity contribution in [2.45, 2.75) is 12.8 Å². The van der Waals surface area contributed by atoms with E-state index < -0.39 is 6.43 Å². The summed E-state index contributed by atoms with van der Waals surface area (Å²) in [6.45, 7) is 3.67. The van der Waals surface area contributed by atoms with E-state index in [9.17, 15) is 8.78 Å². The van der Waals surface area contributed by atoms with Gasteiger partial charge in [0.05, 0.1) is 12.4 Å². The van der Waals surface area contributed by atoms with Gasteiger partial charge in [0.2, 0.25) is 0 Å². The summed E-state index contributed by atoms with van der Waals surface area (Å²) in [6, 6.07) is 1.87. The van der Waals surface area contributed by atoms with Crippen LogP contribution >= 0.6 is 0 Å². The topological polar surface area (TPSA) is 71.2 Å². The Bertz CT molecular complexity index is 872. The molecule has 1 aliphatic heterocycles. The number of imidazole rings is 1. The molecule has 25 heavy (non-hydrogen) atoms. The van der Waals surface area contributed by atoms with Gasteiger partial charge in [0.15, 0.2) is 11.5 Å². The number of hydrogen-bond donors (Lipinski definition) is 1. The Balaban J connectivity index is 1.73. The maximum Gasteiger partial charge on any atom is 0.281 e. The summed E-state index contributed by atoms with van der Waals surface area (Å²) in [4.78, 5) is 19.1. The predicted molar refractivity (Wildman–Crippen MR) is 88.7 cm³/mol. The van der Waals surface area contributed by atoms with Crippen LogP contribution in [0.5, 0.6) is 0 Å². The van der Waals surface area contributed by atoms with Gasteiger partial charge in [-0.1, -0.05) is 0 Å². The summed E-state index contributed by atoms with van der Waals surface area (Å²) >= 11 is 0. The van der Waals surface area contributed by atoms with Crippen LogP contribution < -0.4 is 10.2 Å². The lowest BCUT2D eigenvalue weighted by Gasteiger charge is -2.21. The molecule has 9 heteroatoms. The SMILES string of the molecule is FC(F)c1cn2c(-c3nccc(N4CCCNCC4)n3)cnc2cn1. The molecule has 0 saturated carbocycles. The Morgan fingerprint density at radius 3 is 2.88 bits per heavy atom. The van der Waals surface area contributed by atoms with Crippen LogP contribution in [0.2, 0.25) is 0 Å². The molecule has 7 nitrogen and oxygen atoms in total. The predicted octanol–water partition coefficient (Wildman–Crippen LogP) is 1.92. The molecule has 0 radical (unpaired) electrons. The number of nitrogens with one attached hydrogen (secondary N) is 1. The maximum absolute atomic E-state index is 12.9. The number of anilines is 1. The number of alkyl halides is 2. The number of aromatic nitrogens is 5. The molecule has 0 aromatic carbocycles. The molecule has 1 saturated heterocycles. The van der Waals surface area contributed by atoms with Crippen molar-refractivity contribution in [2.75, 3.05) is 31.1 Å². The molecule has 0 spiro atoms. The molecule has 0 amide bonds. The molecule has 1 aliphatic rings. The van der Waals surface area contributed by atoms with Crippen LogP contribution in [0.1, 0.15) is 18.5 Å². The second-order valence-electron chi connectivity index (χ2n) is 5.81. The molecule has 130 valence electrons. The Hall–Kier alpha value is -2.68. The molecular formula is C16H17F2N7. The fourth-order valence-corrected chi connectivity index (χ4v) is 2.91. The van der Waals surface area contributed by atoms with Crippen molar-refractivity contribution in [3.05, 3.63) is 36.5 Å². The van der Waals surface area contributed by atoms with Gasteiger partial charge < -0.3 is 10.2 Å². The molecule has 3 aromatic heterocycles. The highest BCUT2D eigenvalue weighted by atomic mass is 19.3. The van der Waals surface area contributed by atoms with E-state index in [1.165, 1.54) is 12.4 Å². The van der Waals surface area contributed by atoms with E-state index in [-0.39, 0.29) is 5.69 Å². The molecule has 1 N–H and O–H groups in total. The van der Waals surface area contributed by atoms with Crippen molar-refractivity contribution >= 4 is 11.5 Å². The quantitative estimate of drug-likeness (QED) is 0.782. The zero-order chi connectivity index (χ0) is 17.2. The Morgan fingerprint density at radius 2 is 2.00 bits per heavy atom. The molecular weight excluding hydrogens is 328 g/mol. The van der Waals surface area contributed by atoms with E-state index in [0.29, 0.717) is 17.2 Å². The number of nitrogens with zero attached hydrogens (tertiary/aromatic N) is 6. The van der Waals surface area contributed by atoms with Gasteiger partial charge in [-0.2, -0.15) is 0 Å². The molecule has 3 aromatic rings. The first-order valence-electron chi connectivity index (χ1n) is 8.12. The van der Waals surface area contributed by atoms with Gasteiger partial charge in [-0.25, -0.2) is 28.7 Å². The van der Waals surface area contributed by atoms with Crippen molar-refractivity contribution in [3.63, 3.8) is 0 Å². The smallest absolute Gasteiger partial charge is 0.281 e. The minimum Gasteiger partial charge on any atom is -0.355 e. The standard InChI is InChI=1S/C16H17F2N7/c17-15(18)11-10-25-12(8-22-14(25)9-21-11)16-20-4-2-13(23-16)24-6-1-3-19-5-7-24/h2,4,8-10,15,19H,1,3,5-7H2. The van der Waals surface area contributed by atoms with E-state index in [1.54, 1.807) is 16.8 Å². The van der Waals surface area contributed by atoms with Crippen LogP contribution in [0.3, 0.4) is 0 Å². The summed E-state index contributed by atoms with van der Waals surface area (Å²) < 4.78 is 27.4. The highest BCUT2D eigenvalue weighted by Gasteiger charge is 2.16. The number of hydrogen-bond acceptors (Lipinski definition) is 6. The van der Waals surface area contributed by atoms with Crippen LogP contribution in [0, 0.1) is 0 Å². The first-order chi connectivity index (χ1) is 12.2. The molecule has 0 aliphatic carbocycles. The summed E-state index contributed by atoms with van der Waals surface area (Å²) in [7, 11) is 0. The van der Waals surface area contributed by atoms with Gasteiger partial charge in [-0.15, -0.1) is 0 Å². The van der Waals surface area contributed by atoms with Crippen LogP contribution in [-0.4, -0.2) is 50.5 Å². The highest BCUT2D eigenvalue weighted by molar-refractivity contribution is 5.58. The summed E-state index contributed by atoms with van der Waals surface area (Å²) in [5.74, 6) is 1.28. The molecule has 1 fully saturated rings. The molecule has 4 rings (SSSR count). The zero-order valence-corrected chi connectivity index (χ0v) is 13.4. The van der Waals surface area contributed by atoms with Gasteiger partial charge in [0.25, 0.3) is 6.43 Å². The normalized spacial score (nSPS) is 15.7. The van der Waals surface area contributed by atoms with Crippen molar-refractivity contribution in [2.24, 2.45) is 0 Å². The van der Waals surface area contributed by atoms with Gasteiger partial charge >= 0.3 is 0 Å². The van der Waals surface area contributed by atoms with E-state index >= 15 is 0 Å². The Labute approximate surface area is 142 Å². The van der Waals surface area contributed by atoms with Crippen molar-refractivity contribution in [3.8, 4) is 11.5 Å². The van der Waals surface area contributed by atoms with E-state index in [0.717, 1.165) is 38.4 Å². The van der Waals surface area contributed by atoms with Gasteiger partial charge in [0.1, 0.15) is 17.2 Å². The second kappa shape index (κ2) is 6.67. The third-order valence-electron chi connectivity index (χ3n) is 4.17. The van der Waals surface area contributed by atoms with E-state index in [2.05, 4.69) is 30.2 Å². The lowest BCUT2D eigenvalue weighted by atomic mass is 10.3. The third-order valence-corrected chi connectivity index (χ3v) is 4.17. The summed E-state index contributed by atoms with van der Waals surface area (Å²) in [5, 5.41) is 3.35. The van der Waals surface area contributed by atoms with Crippen LogP contribution in [0.15, 0.2) is 30.9 Å². The van der Waals surface area contributed by atoms with E-state index in [1.807, 2.05) is 6.07 Å². The largest absolute Gasteiger partial charge is 0.355 e. The highest BCUT2D eigenvalue weighted by Crippen LogP contribution is 2.22. The fourth-order valence-electron chi connectivity index (χ4n) is 2.91. The lowest BCUT2D eigenvalue weighted by Crippen LogP contribution is -2.28. The lowest BCUT2D eigenvalue weighted by molar-refractivity contribution is 0.145. The van der Waals surface area contributed by atoms with Crippen LogP contribution in [0.4, 0.5) is 14.6 Å². The Kier molecular flexibility index (Phi) is 4.22. The summed E-state index contributed by atoms with van der Waals surface area (Å²) in [5.41, 5.74) is 0.739. The van der Waals surface area contributed by atoms with Gasteiger partial charge in [-0.05, 0) is 19.0 Å². The number of rotatable bonds is 3. The number of halogens is 2. The molecule has 0 bridgehead atoms. The van der Waals surface area contributed by atoms with Crippen molar-refractivity contribution in [1.29, 1.82) is 0 Å². The fraction of sp³-hybridized carbons (Fsp3) is 0.375. The first kappa shape index (κ1) is 15.8. The Morgan fingerprint density at radius 1 is 1.08 bits per heavy atom. The van der Waals surface area contributed by atoms with E-state index in [4.69, 9.17) is 0 Å². The molecule has 0 atom stereocenters. The average Bonchev–Trinajstić information content (AvgIpc) is 2.86. The third kappa shape index (κ3) is 3.14. The molecule has 0 unspecified atom stereocenters. The van der Waals surface area contributed by atoms with Crippen LogP contribution in [-0.2, 0) is 0 Å². The minimum absolute atomic E-state index is 0.304. The van der Waals surface area contributed by atoms with Gasteiger partial charge in [-0.3, -0.25) is 4.40 Å². The van der Waals surface area contributed by atoms with Crippen molar-refractivity contribution < 1.29 is 8.78 Å². The summed E-state index contributed by atoms with van der Waals surface area (Å²) in [6.07, 6.45) is 4.28. The minimum atomic E-state index is -2.64. The average molecular weight is 345 g/mol. The monoisotopic (exact) mass is 345 g/mol. The maximum atomic E-state index is 12.9. The zero-order valence-electron chi connectivity index (χ0n) is 13.4. The van der Waals surface area contributed by atoms with Crippen LogP contribution in [0.25, 0.3) is 17.2 Å². The number of fused-ring (bicyclic) bond motifs is 1. The van der Waals surface area contributed by atoms with Gasteiger partial charge in [0, 0.05) is 32.0 Å². The van der Waals surface area contributed by atoms with Crippen molar-refractivity contribution in [1.82, 2.24) is 29.7 Å². The molecule has 4 heterocycles. The second-order valence-corrected chi connectivity index (χ2v) is 5.81. The first-order valence-corrected chi connectivity index (χ1v) is 8.12.